The molecule has 2 aromatic carbocycles. The molecule has 1 saturated heterocycles. The van der Waals surface area contributed by atoms with Gasteiger partial charge in [0.1, 0.15) is 17.2 Å². The first-order chi connectivity index (χ1) is 16.1. The number of carbonyl (C=O) groups excluding carboxylic acids is 2. The molecule has 2 amide bonds. The highest BCUT2D eigenvalue weighted by atomic mass is 16.5. The molecule has 0 spiro atoms. The lowest BCUT2D eigenvalue weighted by atomic mass is 10.0. The molecule has 2 heterocycles. The molecule has 0 saturated carbocycles. The molecule has 1 fully saturated rings. The molecule has 1 N–H and O–H groups in total. The van der Waals surface area contributed by atoms with Crippen LogP contribution in [-0.4, -0.2) is 85.2 Å². The molecule has 0 bridgehead atoms. The first-order valence-corrected chi connectivity index (χ1v) is 11.0. The Hall–Kier alpha value is -3.36. The van der Waals surface area contributed by atoms with Crippen LogP contribution in [0.3, 0.4) is 0 Å². The summed E-state index contributed by atoms with van der Waals surface area (Å²) in [5.41, 5.74) is 2.25. The SMILES string of the molecule is COc1ccc(CN2C(=O)C(c3ccccc3OC)=C(N3CCN(CCO)CC3)C2=O)cc1. The lowest BCUT2D eigenvalue weighted by molar-refractivity contribution is -0.138. The molecule has 0 atom stereocenters. The number of hydrogen-bond acceptors (Lipinski definition) is 7. The third-order valence-electron chi connectivity index (χ3n) is 6.12. The van der Waals surface area contributed by atoms with Crippen LogP contribution in [0.5, 0.6) is 11.5 Å². The van der Waals surface area contributed by atoms with Crippen molar-refractivity contribution in [1.29, 1.82) is 0 Å². The van der Waals surface area contributed by atoms with E-state index in [1.165, 1.54) is 4.90 Å². The van der Waals surface area contributed by atoms with Gasteiger partial charge in [-0.2, -0.15) is 0 Å². The third-order valence-corrected chi connectivity index (χ3v) is 6.12. The number of benzene rings is 2. The van der Waals surface area contributed by atoms with Crippen LogP contribution in [-0.2, 0) is 16.1 Å². The number of para-hydroxylation sites is 1. The summed E-state index contributed by atoms with van der Waals surface area (Å²) in [6.45, 7) is 3.50. The standard InChI is InChI=1S/C25H29N3O5/c1-32-19-9-7-18(8-10-19)17-28-24(30)22(20-5-3-4-6-21(20)33-2)23(25(28)31)27-13-11-26(12-14-27)15-16-29/h3-10,29H,11-17H2,1-2H3. The fourth-order valence-corrected chi connectivity index (χ4v) is 4.34. The van der Waals surface area contributed by atoms with Crippen LogP contribution in [0.1, 0.15) is 11.1 Å². The number of piperazine rings is 1. The van der Waals surface area contributed by atoms with Crippen molar-refractivity contribution in [2.75, 3.05) is 53.6 Å². The number of imide groups is 1. The lowest BCUT2D eigenvalue weighted by Crippen LogP contribution is -2.48. The van der Waals surface area contributed by atoms with Crippen molar-refractivity contribution >= 4 is 17.4 Å². The number of rotatable bonds is 8. The van der Waals surface area contributed by atoms with Gasteiger partial charge in [0.2, 0.25) is 0 Å². The second-order valence-electron chi connectivity index (χ2n) is 8.02. The highest BCUT2D eigenvalue weighted by Crippen LogP contribution is 2.37. The van der Waals surface area contributed by atoms with Crippen LogP contribution in [0.4, 0.5) is 0 Å². The van der Waals surface area contributed by atoms with E-state index in [1.54, 1.807) is 20.3 Å². The van der Waals surface area contributed by atoms with E-state index in [0.29, 0.717) is 61.1 Å². The normalized spacial score (nSPS) is 17.2. The van der Waals surface area contributed by atoms with Crippen LogP contribution < -0.4 is 9.47 Å². The Kier molecular flexibility index (Phi) is 6.96. The van der Waals surface area contributed by atoms with Gasteiger partial charge >= 0.3 is 0 Å². The number of ether oxygens (including phenoxy) is 2. The molecule has 0 aliphatic carbocycles. The van der Waals surface area contributed by atoms with Gasteiger partial charge in [-0.3, -0.25) is 19.4 Å². The molecule has 0 unspecified atom stereocenters. The Labute approximate surface area is 193 Å². The average Bonchev–Trinajstić information content (AvgIpc) is 3.09. The minimum Gasteiger partial charge on any atom is -0.497 e. The van der Waals surface area contributed by atoms with E-state index >= 15 is 0 Å². The van der Waals surface area contributed by atoms with E-state index in [9.17, 15) is 14.7 Å². The van der Waals surface area contributed by atoms with Crippen molar-refractivity contribution in [3.8, 4) is 11.5 Å². The summed E-state index contributed by atoms with van der Waals surface area (Å²) < 4.78 is 10.7. The van der Waals surface area contributed by atoms with Crippen molar-refractivity contribution in [3.63, 3.8) is 0 Å². The molecule has 2 aromatic rings. The van der Waals surface area contributed by atoms with Gasteiger partial charge in [0.15, 0.2) is 0 Å². The predicted molar refractivity (Wildman–Crippen MR) is 124 cm³/mol. The van der Waals surface area contributed by atoms with Gasteiger partial charge in [0.05, 0.1) is 32.9 Å². The maximum Gasteiger partial charge on any atom is 0.278 e. The number of aliphatic hydroxyl groups excluding tert-OH is 1. The summed E-state index contributed by atoms with van der Waals surface area (Å²) in [5, 5.41) is 9.24. The van der Waals surface area contributed by atoms with Crippen molar-refractivity contribution in [1.82, 2.24) is 14.7 Å². The Morgan fingerprint density at radius 2 is 1.58 bits per heavy atom. The molecule has 174 valence electrons. The lowest BCUT2D eigenvalue weighted by Gasteiger charge is -2.36. The first-order valence-electron chi connectivity index (χ1n) is 11.0. The zero-order valence-electron chi connectivity index (χ0n) is 19.0. The molecule has 8 heteroatoms. The Morgan fingerprint density at radius 3 is 2.21 bits per heavy atom. The molecule has 0 aromatic heterocycles. The van der Waals surface area contributed by atoms with Crippen molar-refractivity contribution in [2.24, 2.45) is 0 Å². The van der Waals surface area contributed by atoms with E-state index < -0.39 is 0 Å². The molecule has 2 aliphatic rings. The smallest absolute Gasteiger partial charge is 0.278 e. The van der Waals surface area contributed by atoms with Crippen LogP contribution in [0.2, 0.25) is 0 Å². The van der Waals surface area contributed by atoms with Gasteiger partial charge in [-0.05, 0) is 23.8 Å². The molecule has 2 aliphatic heterocycles. The second-order valence-corrected chi connectivity index (χ2v) is 8.02. The van der Waals surface area contributed by atoms with Crippen molar-refractivity contribution < 1.29 is 24.2 Å². The summed E-state index contributed by atoms with van der Waals surface area (Å²) in [7, 11) is 3.15. The summed E-state index contributed by atoms with van der Waals surface area (Å²) in [4.78, 5) is 32.7. The molecule has 33 heavy (non-hydrogen) atoms. The van der Waals surface area contributed by atoms with Gasteiger partial charge in [-0.25, -0.2) is 0 Å². The topological polar surface area (TPSA) is 82.6 Å². The second kappa shape index (κ2) is 10.1. The fourth-order valence-electron chi connectivity index (χ4n) is 4.34. The van der Waals surface area contributed by atoms with Crippen LogP contribution >= 0.6 is 0 Å². The number of amides is 2. The van der Waals surface area contributed by atoms with Crippen molar-refractivity contribution in [2.45, 2.75) is 6.54 Å². The number of hydrogen-bond donors (Lipinski definition) is 1. The minimum absolute atomic E-state index is 0.0994. The van der Waals surface area contributed by atoms with Gasteiger partial charge in [-0.15, -0.1) is 0 Å². The number of methoxy groups -OCH3 is 2. The first kappa shape index (κ1) is 22.8. The molecular weight excluding hydrogens is 422 g/mol. The Bertz CT molecular complexity index is 1040. The zero-order valence-corrected chi connectivity index (χ0v) is 19.0. The fraction of sp³-hybridized carbons (Fsp3) is 0.360. The Balaban J connectivity index is 1.68. The molecule has 4 rings (SSSR count). The quantitative estimate of drug-likeness (QED) is 0.611. The van der Waals surface area contributed by atoms with Crippen molar-refractivity contribution in [3.05, 3.63) is 65.4 Å². The number of carbonyl (C=O) groups is 2. The summed E-state index contributed by atoms with van der Waals surface area (Å²) in [5.74, 6) is 0.643. The van der Waals surface area contributed by atoms with Crippen LogP contribution in [0.15, 0.2) is 54.2 Å². The van der Waals surface area contributed by atoms with Gasteiger partial charge in [-0.1, -0.05) is 30.3 Å². The highest BCUT2D eigenvalue weighted by Gasteiger charge is 2.43. The highest BCUT2D eigenvalue weighted by molar-refractivity contribution is 6.35. The molecule has 8 nitrogen and oxygen atoms in total. The Morgan fingerprint density at radius 1 is 0.879 bits per heavy atom. The maximum atomic E-state index is 13.6. The number of β-amino-alcohol motifs (C(OH)–C–C–N with tert-alkyl or cyclic N) is 1. The van der Waals surface area contributed by atoms with E-state index in [2.05, 4.69) is 4.90 Å². The van der Waals surface area contributed by atoms with E-state index in [1.807, 2.05) is 47.4 Å². The monoisotopic (exact) mass is 451 g/mol. The summed E-state index contributed by atoms with van der Waals surface area (Å²) in [6.07, 6.45) is 0. The zero-order chi connectivity index (χ0) is 23.4. The van der Waals surface area contributed by atoms with E-state index in [-0.39, 0.29) is 25.0 Å². The minimum atomic E-state index is -0.326. The number of nitrogens with zero attached hydrogens (tertiary/aromatic N) is 3. The molecule has 0 radical (unpaired) electrons. The van der Waals surface area contributed by atoms with Gasteiger partial charge in [0, 0.05) is 38.3 Å². The van der Waals surface area contributed by atoms with Crippen LogP contribution in [0.25, 0.3) is 5.57 Å². The third kappa shape index (κ3) is 4.58. The summed E-state index contributed by atoms with van der Waals surface area (Å²) in [6, 6.07) is 14.6. The summed E-state index contributed by atoms with van der Waals surface area (Å²) >= 11 is 0. The average molecular weight is 452 g/mol. The van der Waals surface area contributed by atoms with Gasteiger partial charge in [0.25, 0.3) is 11.8 Å². The van der Waals surface area contributed by atoms with E-state index in [0.717, 1.165) is 5.56 Å². The van der Waals surface area contributed by atoms with Crippen LogP contribution in [0, 0.1) is 0 Å². The van der Waals surface area contributed by atoms with Gasteiger partial charge < -0.3 is 19.5 Å². The van der Waals surface area contributed by atoms with E-state index in [4.69, 9.17) is 9.47 Å². The molecular formula is C25H29N3O5. The predicted octanol–water partition coefficient (Wildman–Crippen LogP) is 1.59. The maximum absolute atomic E-state index is 13.6. The number of aliphatic hydroxyl groups is 1. The largest absolute Gasteiger partial charge is 0.497 e.